The molecule has 0 radical (unpaired) electrons. The Morgan fingerprint density at radius 3 is 2.12 bits per heavy atom. The molecule has 0 unspecified atom stereocenters. The lowest BCUT2D eigenvalue weighted by Gasteiger charge is -2.23. The van der Waals surface area contributed by atoms with Gasteiger partial charge in [-0.25, -0.2) is 4.98 Å². The van der Waals surface area contributed by atoms with Crippen LogP contribution in [0.5, 0.6) is 0 Å². The first-order valence-electron chi connectivity index (χ1n) is 8.82. The number of rotatable bonds is 4. The molecule has 3 heteroatoms. The molecule has 26 heavy (non-hydrogen) atoms. The van der Waals surface area contributed by atoms with Crippen molar-refractivity contribution in [3.63, 3.8) is 0 Å². The van der Waals surface area contributed by atoms with Crippen molar-refractivity contribution < 1.29 is 4.79 Å². The molecule has 3 rings (SSSR count). The molecule has 1 aromatic heterocycles. The second-order valence-electron chi connectivity index (χ2n) is 7.39. The molecule has 0 atom stereocenters. The maximum atomic E-state index is 13.2. The summed E-state index contributed by atoms with van der Waals surface area (Å²) in [5.41, 5.74) is 3.01. The van der Waals surface area contributed by atoms with E-state index in [-0.39, 0.29) is 11.3 Å². The summed E-state index contributed by atoms with van der Waals surface area (Å²) in [5.74, 6) is 0.606. The fourth-order valence-corrected chi connectivity index (χ4v) is 2.80. The highest BCUT2D eigenvalue weighted by molar-refractivity contribution is 6.05. The number of anilines is 1. The summed E-state index contributed by atoms with van der Waals surface area (Å²) in [7, 11) is 0. The lowest BCUT2D eigenvalue weighted by Crippen LogP contribution is -2.31. The summed E-state index contributed by atoms with van der Waals surface area (Å²) in [4.78, 5) is 19.3. The number of hydrogen-bond acceptors (Lipinski definition) is 2. The SMILES string of the molecule is CC(C)(C)c1ccc(C(=O)N(Cc2ccccc2)c2ccccn2)cc1. The third-order valence-corrected chi connectivity index (χ3v) is 4.35. The quantitative estimate of drug-likeness (QED) is 0.649. The van der Waals surface area contributed by atoms with Crippen LogP contribution in [0.2, 0.25) is 0 Å². The molecule has 132 valence electrons. The molecule has 0 N–H and O–H groups in total. The van der Waals surface area contributed by atoms with Crippen LogP contribution in [0.25, 0.3) is 0 Å². The monoisotopic (exact) mass is 344 g/mol. The minimum atomic E-state index is -0.0481. The fourth-order valence-electron chi connectivity index (χ4n) is 2.80. The van der Waals surface area contributed by atoms with Crippen LogP contribution < -0.4 is 4.90 Å². The highest BCUT2D eigenvalue weighted by Crippen LogP contribution is 2.24. The van der Waals surface area contributed by atoms with Crippen LogP contribution in [0, 0.1) is 0 Å². The topological polar surface area (TPSA) is 33.2 Å². The molecule has 2 aromatic carbocycles. The normalized spacial score (nSPS) is 11.2. The Hall–Kier alpha value is -2.94. The van der Waals surface area contributed by atoms with Gasteiger partial charge in [0.2, 0.25) is 0 Å². The lowest BCUT2D eigenvalue weighted by atomic mass is 9.86. The van der Waals surface area contributed by atoms with E-state index >= 15 is 0 Å². The van der Waals surface area contributed by atoms with E-state index in [4.69, 9.17) is 0 Å². The molecule has 0 aliphatic heterocycles. The van der Waals surface area contributed by atoms with Crippen LogP contribution >= 0.6 is 0 Å². The van der Waals surface area contributed by atoms with Gasteiger partial charge in [0.1, 0.15) is 5.82 Å². The zero-order chi connectivity index (χ0) is 18.6. The number of benzene rings is 2. The molecule has 0 saturated carbocycles. The molecule has 1 amide bonds. The highest BCUT2D eigenvalue weighted by Gasteiger charge is 2.20. The number of aromatic nitrogens is 1. The largest absolute Gasteiger partial charge is 0.288 e. The van der Waals surface area contributed by atoms with Crippen LogP contribution in [0.1, 0.15) is 42.3 Å². The van der Waals surface area contributed by atoms with E-state index in [2.05, 4.69) is 25.8 Å². The van der Waals surface area contributed by atoms with Crippen molar-refractivity contribution in [1.29, 1.82) is 0 Å². The van der Waals surface area contributed by atoms with Crippen molar-refractivity contribution in [2.24, 2.45) is 0 Å². The number of carbonyl (C=O) groups is 1. The van der Waals surface area contributed by atoms with E-state index in [1.807, 2.05) is 72.8 Å². The van der Waals surface area contributed by atoms with Crippen LogP contribution in [-0.4, -0.2) is 10.9 Å². The summed E-state index contributed by atoms with van der Waals surface area (Å²) < 4.78 is 0. The number of amides is 1. The van der Waals surface area contributed by atoms with E-state index in [1.54, 1.807) is 11.1 Å². The molecule has 3 aromatic rings. The van der Waals surface area contributed by atoms with Gasteiger partial charge in [0, 0.05) is 11.8 Å². The van der Waals surface area contributed by atoms with Gasteiger partial charge in [-0.1, -0.05) is 69.3 Å². The molecule has 1 heterocycles. The van der Waals surface area contributed by atoms with Crippen LogP contribution in [0.3, 0.4) is 0 Å². The van der Waals surface area contributed by atoms with Gasteiger partial charge in [-0.2, -0.15) is 0 Å². The Kier molecular flexibility index (Phi) is 5.17. The predicted octanol–water partition coefficient (Wildman–Crippen LogP) is 5.23. The number of nitrogens with zero attached hydrogens (tertiary/aromatic N) is 2. The molecule has 0 bridgehead atoms. The summed E-state index contributed by atoms with van der Waals surface area (Å²) in [5, 5.41) is 0. The molecule has 0 aliphatic carbocycles. The maximum absolute atomic E-state index is 13.2. The smallest absolute Gasteiger partial charge is 0.259 e. The second kappa shape index (κ2) is 7.52. The Morgan fingerprint density at radius 2 is 1.54 bits per heavy atom. The van der Waals surface area contributed by atoms with Gasteiger partial charge in [0.05, 0.1) is 6.54 Å². The van der Waals surface area contributed by atoms with Crippen molar-refractivity contribution in [2.45, 2.75) is 32.7 Å². The highest BCUT2D eigenvalue weighted by atomic mass is 16.2. The molecule has 0 spiro atoms. The third kappa shape index (κ3) is 4.17. The predicted molar refractivity (Wildman–Crippen MR) is 106 cm³/mol. The average Bonchev–Trinajstić information content (AvgIpc) is 2.66. The zero-order valence-corrected chi connectivity index (χ0v) is 15.5. The van der Waals surface area contributed by atoms with Gasteiger partial charge < -0.3 is 0 Å². The lowest BCUT2D eigenvalue weighted by molar-refractivity contribution is 0.0984. The van der Waals surface area contributed by atoms with E-state index in [0.717, 1.165) is 5.56 Å². The fraction of sp³-hybridized carbons (Fsp3) is 0.217. The van der Waals surface area contributed by atoms with Crippen molar-refractivity contribution in [3.05, 3.63) is 95.7 Å². The van der Waals surface area contributed by atoms with Gasteiger partial charge in [0.15, 0.2) is 0 Å². The number of carbonyl (C=O) groups excluding carboxylic acids is 1. The number of hydrogen-bond donors (Lipinski definition) is 0. The summed E-state index contributed by atoms with van der Waals surface area (Å²) >= 11 is 0. The van der Waals surface area contributed by atoms with E-state index < -0.39 is 0 Å². The zero-order valence-electron chi connectivity index (χ0n) is 15.5. The molecular formula is C23H24N2O. The Balaban J connectivity index is 1.92. The maximum Gasteiger partial charge on any atom is 0.259 e. The van der Waals surface area contributed by atoms with Crippen LogP contribution in [-0.2, 0) is 12.0 Å². The molecule has 0 fully saturated rings. The first kappa shape index (κ1) is 17.9. The first-order chi connectivity index (χ1) is 12.4. The first-order valence-corrected chi connectivity index (χ1v) is 8.82. The summed E-state index contributed by atoms with van der Waals surface area (Å²) in [6, 6.07) is 23.5. The van der Waals surface area contributed by atoms with Gasteiger partial charge in [-0.05, 0) is 40.8 Å². The van der Waals surface area contributed by atoms with Crippen molar-refractivity contribution >= 4 is 11.7 Å². The van der Waals surface area contributed by atoms with Crippen molar-refractivity contribution in [3.8, 4) is 0 Å². The second-order valence-corrected chi connectivity index (χ2v) is 7.39. The number of pyridine rings is 1. The van der Waals surface area contributed by atoms with Crippen molar-refractivity contribution in [2.75, 3.05) is 4.90 Å². The molecule has 3 nitrogen and oxygen atoms in total. The standard InChI is InChI=1S/C23H24N2O/c1-23(2,3)20-14-12-19(13-15-20)22(26)25(21-11-7-8-16-24-21)17-18-9-5-4-6-10-18/h4-16H,17H2,1-3H3. The van der Waals surface area contributed by atoms with Crippen molar-refractivity contribution in [1.82, 2.24) is 4.98 Å². The minimum absolute atomic E-state index is 0.0481. The summed E-state index contributed by atoms with van der Waals surface area (Å²) in [6.45, 7) is 6.98. The Morgan fingerprint density at radius 1 is 0.885 bits per heavy atom. The Labute approximate surface area is 155 Å². The van der Waals surface area contributed by atoms with Gasteiger partial charge in [-0.15, -0.1) is 0 Å². The van der Waals surface area contributed by atoms with Crippen LogP contribution in [0.4, 0.5) is 5.82 Å². The van der Waals surface area contributed by atoms with E-state index in [0.29, 0.717) is 17.9 Å². The Bertz CT molecular complexity index is 850. The molecule has 0 aliphatic rings. The van der Waals surface area contributed by atoms with Gasteiger partial charge in [0.25, 0.3) is 5.91 Å². The van der Waals surface area contributed by atoms with Gasteiger partial charge >= 0.3 is 0 Å². The average molecular weight is 344 g/mol. The van der Waals surface area contributed by atoms with E-state index in [1.165, 1.54) is 5.56 Å². The molecular weight excluding hydrogens is 320 g/mol. The third-order valence-electron chi connectivity index (χ3n) is 4.35. The van der Waals surface area contributed by atoms with E-state index in [9.17, 15) is 4.79 Å². The molecule has 0 saturated heterocycles. The minimum Gasteiger partial charge on any atom is -0.288 e. The summed E-state index contributed by atoms with van der Waals surface area (Å²) in [6.07, 6.45) is 1.71. The van der Waals surface area contributed by atoms with Gasteiger partial charge in [-0.3, -0.25) is 9.69 Å². The van der Waals surface area contributed by atoms with Crippen LogP contribution in [0.15, 0.2) is 79.0 Å².